The van der Waals surface area contributed by atoms with Crippen LogP contribution in [0.25, 0.3) is 0 Å². The molecule has 1 heterocycles. The summed E-state index contributed by atoms with van der Waals surface area (Å²) >= 11 is 8.71. The summed E-state index contributed by atoms with van der Waals surface area (Å²) in [6.45, 7) is 3.70. The van der Waals surface area contributed by atoms with Gasteiger partial charge in [-0.15, -0.1) is 25.3 Å². The molecule has 27 heavy (non-hydrogen) atoms. The molecule has 0 atom stereocenters. The second-order valence-corrected chi connectivity index (χ2v) is 9.07. The summed E-state index contributed by atoms with van der Waals surface area (Å²) in [5.41, 5.74) is 2.41. The summed E-state index contributed by atoms with van der Waals surface area (Å²) in [6.07, 6.45) is 0. The molecule has 10 heteroatoms. The fourth-order valence-electron chi connectivity index (χ4n) is 2.76. The van der Waals surface area contributed by atoms with Gasteiger partial charge in [0.2, 0.25) is 10.0 Å². The van der Waals surface area contributed by atoms with Gasteiger partial charge in [0.05, 0.1) is 21.0 Å². The van der Waals surface area contributed by atoms with Crippen molar-refractivity contribution in [1.82, 2.24) is 4.90 Å². The Labute approximate surface area is 170 Å². The standard InChI is InChI=1S/C17H21N5O2S3/c18-27(23,24)16-7-3-14(4-8-16)20-19-13-1-5-15(6-2-13)21-9-11-22(12-10-21)17(25)26/h1-8,17,25-26H,9-12H2,(H2,18,23,24). The first-order valence-electron chi connectivity index (χ1n) is 8.33. The summed E-state index contributed by atoms with van der Waals surface area (Å²) in [4.78, 5) is 4.58. The van der Waals surface area contributed by atoms with E-state index in [1.807, 2.05) is 24.3 Å². The molecule has 2 aromatic rings. The number of nitrogens with zero attached hydrogens (tertiary/aromatic N) is 4. The van der Waals surface area contributed by atoms with Crippen molar-refractivity contribution in [2.75, 3.05) is 31.1 Å². The van der Waals surface area contributed by atoms with Gasteiger partial charge in [-0.05, 0) is 48.5 Å². The molecule has 0 amide bonds. The van der Waals surface area contributed by atoms with Crippen LogP contribution < -0.4 is 10.0 Å². The number of sulfonamides is 1. The average molecular weight is 424 g/mol. The fourth-order valence-corrected chi connectivity index (χ4v) is 3.74. The molecular weight excluding hydrogens is 402 g/mol. The molecule has 7 nitrogen and oxygen atoms in total. The third-order valence-electron chi connectivity index (χ3n) is 4.30. The molecule has 2 aromatic carbocycles. The molecule has 0 bridgehead atoms. The number of rotatable bonds is 5. The van der Waals surface area contributed by atoms with Crippen LogP contribution in [0.4, 0.5) is 17.1 Å². The lowest BCUT2D eigenvalue weighted by Crippen LogP contribution is -2.47. The third kappa shape index (κ3) is 5.45. The molecule has 2 N–H and O–H groups in total. The summed E-state index contributed by atoms with van der Waals surface area (Å²) < 4.78 is 22.5. The minimum atomic E-state index is -3.70. The monoisotopic (exact) mass is 423 g/mol. The van der Waals surface area contributed by atoms with E-state index in [-0.39, 0.29) is 9.60 Å². The van der Waals surface area contributed by atoms with Gasteiger partial charge in [0.1, 0.15) is 0 Å². The van der Waals surface area contributed by atoms with Gasteiger partial charge in [0.15, 0.2) is 0 Å². The van der Waals surface area contributed by atoms with E-state index in [2.05, 4.69) is 45.3 Å². The Morgan fingerprint density at radius 2 is 1.33 bits per heavy atom. The molecule has 0 spiro atoms. The zero-order chi connectivity index (χ0) is 19.4. The number of piperazine rings is 1. The molecule has 1 aliphatic rings. The van der Waals surface area contributed by atoms with Gasteiger partial charge >= 0.3 is 0 Å². The van der Waals surface area contributed by atoms with Crippen molar-refractivity contribution in [2.45, 2.75) is 9.60 Å². The van der Waals surface area contributed by atoms with Gasteiger partial charge in [-0.1, -0.05) is 0 Å². The number of hydrogen-bond acceptors (Lipinski definition) is 8. The Bertz CT molecular complexity index is 891. The molecule has 1 saturated heterocycles. The van der Waals surface area contributed by atoms with Crippen LogP contribution in [0.3, 0.4) is 0 Å². The first kappa shape index (κ1) is 20.2. The van der Waals surface area contributed by atoms with E-state index in [1.165, 1.54) is 12.1 Å². The lowest BCUT2D eigenvalue weighted by molar-refractivity contribution is 0.287. The quantitative estimate of drug-likeness (QED) is 0.392. The van der Waals surface area contributed by atoms with E-state index >= 15 is 0 Å². The smallest absolute Gasteiger partial charge is 0.238 e. The van der Waals surface area contributed by atoms with Gasteiger partial charge in [-0.25, -0.2) is 13.6 Å². The molecule has 0 radical (unpaired) electrons. The lowest BCUT2D eigenvalue weighted by Gasteiger charge is -2.37. The molecule has 0 unspecified atom stereocenters. The van der Waals surface area contributed by atoms with Crippen molar-refractivity contribution >= 4 is 52.3 Å². The number of hydrogen-bond donors (Lipinski definition) is 3. The second-order valence-electron chi connectivity index (χ2n) is 6.12. The van der Waals surface area contributed by atoms with Crippen LogP contribution in [0.15, 0.2) is 63.7 Å². The van der Waals surface area contributed by atoms with Gasteiger partial charge in [-0.3, -0.25) is 4.90 Å². The number of azo groups is 1. The van der Waals surface area contributed by atoms with Crippen molar-refractivity contribution in [3.05, 3.63) is 48.5 Å². The molecule has 1 fully saturated rings. The number of thiol groups is 2. The third-order valence-corrected chi connectivity index (χ3v) is 5.88. The molecule has 0 aromatic heterocycles. The fraction of sp³-hybridized carbons (Fsp3) is 0.294. The Balaban J connectivity index is 1.61. The van der Waals surface area contributed by atoms with Crippen molar-refractivity contribution in [3.63, 3.8) is 0 Å². The highest BCUT2D eigenvalue weighted by molar-refractivity contribution is 7.99. The van der Waals surface area contributed by atoms with Crippen LogP contribution in [0, 0.1) is 0 Å². The van der Waals surface area contributed by atoms with Crippen molar-refractivity contribution in [1.29, 1.82) is 0 Å². The van der Waals surface area contributed by atoms with Crippen LogP contribution in [-0.4, -0.2) is 44.2 Å². The highest BCUT2D eigenvalue weighted by atomic mass is 32.2. The minimum absolute atomic E-state index is 0.0195. The maximum atomic E-state index is 11.2. The zero-order valence-corrected chi connectivity index (χ0v) is 17.1. The normalized spacial score (nSPS) is 16.4. The van der Waals surface area contributed by atoms with E-state index in [9.17, 15) is 8.42 Å². The predicted molar refractivity (Wildman–Crippen MR) is 114 cm³/mol. The summed E-state index contributed by atoms with van der Waals surface area (Å²) in [7, 11) is -3.70. The van der Waals surface area contributed by atoms with Gasteiger partial charge in [0, 0.05) is 31.9 Å². The maximum absolute atomic E-state index is 11.2. The number of nitrogens with two attached hydrogens (primary N) is 1. The average Bonchev–Trinajstić information content (AvgIpc) is 2.66. The highest BCUT2D eigenvalue weighted by Gasteiger charge is 2.19. The largest absolute Gasteiger partial charge is 0.369 e. The molecular formula is C17H21N5O2S3. The predicted octanol–water partition coefficient (Wildman–Crippen LogP) is 3.01. The van der Waals surface area contributed by atoms with Crippen LogP contribution in [-0.2, 0) is 10.0 Å². The molecule has 0 saturated carbocycles. The Morgan fingerprint density at radius 1 is 0.852 bits per heavy atom. The summed E-state index contributed by atoms with van der Waals surface area (Å²) in [6, 6.07) is 13.8. The number of primary sulfonamides is 1. The second kappa shape index (κ2) is 8.61. The van der Waals surface area contributed by atoms with E-state index < -0.39 is 10.0 Å². The van der Waals surface area contributed by atoms with Crippen LogP contribution in [0.2, 0.25) is 0 Å². The maximum Gasteiger partial charge on any atom is 0.238 e. The van der Waals surface area contributed by atoms with Crippen molar-refractivity contribution < 1.29 is 8.42 Å². The Hall–Kier alpha value is -1.59. The van der Waals surface area contributed by atoms with Crippen LogP contribution in [0.1, 0.15) is 0 Å². The molecule has 0 aliphatic carbocycles. The summed E-state index contributed by atoms with van der Waals surface area (Å²) in [5, 5.41) is 13.4. The lowest BCUT2D eigenvalue weighted by atomic mass is 10.2. The number of anilines is 1. The van der Waals surface area contributed by atoms with E-state index in [1.54, 1.807) is 12.1 Å². The van der Waals surface area contributed by atoms with E-state index in [0.717, 1.165) is 37.6 Å². The van der Waals surface area contributed by atoms with Crippen molar-refractivity contribution in [3.8, 4) is 0 Å². The topological polar surface area (TPSA) is 91.4 Å². The molecule has 3 rings (SSSR count). The number of benzene rings is 2. The van der Waals surface area contributed by atoms with E-state index in [0.29, 0.717) is 5.69 Å². The summed E-state index contributed by atoms with van der Waals surface area (Å²) in [5.74, 6) is 0. The van der Waals surface area contributed by atoms with Crippen LogP contribution >= 0.6 is 25.3 Å². The Kier molecular flexibility index (Phi) is 6.43. The van der Waals surface area contributed by atoms with Crippen LogP contribution in [0.5, 0.6) is 0 Å². The van der Waals surface area contributed by atoms with Gasteiger partial charge in [-0.2, -0.15) is 10.2 Å². The van der Waals surface area contributed by atoms with E-state index in [4.69, 9.17) is 5.14 Å². The Morgan fingerprint density at radius 3 is 1.78 bits per heavy atom. The SMILES string of the molecule is NS(=O)(=O)c1ccc(N=Nc2ccc(N3CCN(C(S)S)CC3)cc2)cc1. The first-order chi connectivity index (χ1) is 12.8. The molecule has 144 valence electrons. The highest BCUT2D eigenvalue weighted by Crippen LogP contribution is 2.24. The van der Waals surface area contributed by atoms with Gasteiger partial charge in [0.25, 0.3) is 0 Å². The zero-order valence-electron chi connectivity index (χ0n) is 14.5. The minimum Gasteiger partial charge on any atom is -0.369 e. The van der Waals surface area contributed by atoms with Gasteiger partial charge < -0.3 is 4.90 Å². The molecule has 1 aliphatic heterocycles. The first-order valence-corrected chi connectivity index (χ1v) is 10.9. The van der Waals surface area contributed by atoms with Crippen molar-refractivity contribution in [2.24, 2.45) is 15.4 Å².